The lowest BCUT2D eigenvalue weighted by atomic mass is 10.1. The summed E-state index contributed by atoms with van der Waals surface area (Å²) in [7, 11) is 0. The molecule has 0 unspecified atom stereocenters. The van der Waals surface area contributed by atoms with Crippen molar-refractivity contribution in [3.8, 4) is 6.07 Å². The Morgan fingerprint density at radius 3 is 2.27 bits per heavy atom. The molecule has 0 aliphatic carbocycles. The van der Waals surface area contributed by atoms with E-state index in [1.165, 1.54) is 5.56 Å². The van der Waals surface area contributed by atoms with Gasteiger partial charge in [0.05, 0.1) is 0 Å². The zero-order chi connectivity index (χ0) is 15.4. The minimum absolute atomic E-state index is 0.676. The number of nitriles is 1. The second-order valence-corrected chi connectivity index (χ2v) is 5.63. The highest BCUT2D eigenvalue weighted by Crippen LogP contribution is 2.17. The fourth-order valence-corrected chi connectivity index (χ4v) is 2.65. The molecule has 0 N–H and O–H groups in total. The molecule has 0 fully saturated rings. The molecular weight excluding hydrogens is 292 g/mol. The average Bonchev–Trinajstić information content (AvgIpc) is 2.92. The van der Waals surface area contributed by atoms with Gasteiger partial charge in [0.2, 0.25) is 0 Å². The maximum Gasteiger partial charge on any atom is 0.120 e. The van der Waals surface area contributed by atoms with Gasteiger partial charge in [-0.15, -0.1) is 0 Å². The number of hydrogen-bond acceptors (Lipinski definition) is 1. The van der Waals surface area contributed by atoms with Gasteiger partial charge < -0.3 is 4.57 Å². The standard InChI is InChI=1S/C19H15ClN2/c20-17-8-6-16(7-9-17)14-22-18(10-11-19(22)13-21)12-15-4-2-1-3-5-15/h1-11H,12,14H2. The molecule has 0 radical (unpaired) electrons. The van der Waals surface area contributed by atoms with Crippen LogP contribution in [-0.2, 0) is 13.0 Å². The molecular formula is C19H15ClN2. The summed E-state index contributed by atoms with van der Waals surface area (Å²) in [5, 5.41) is 10.1. The Hall–Kier alpha value is -2.50. The van der Waals surface area contributed by atoms with Crippen LogP contribution < -0.4 is 0 Å². The largest absolute Gasteiger partial charge is 0.332 e. The Morgan fingerprint density at radius 2 is 1.59 bits per heavy atom. The number of benzene rings is 2. The lowest BCUT2D eigenvalue weighted by Gasteiger charge is -2.11. The Bertz CT molecular complexity index is 796. The van der Waals surface area contributed by atoms with Crippen molar-refractivity contribution >= 4 is 11.6 Å². The molecule has 0 aliphatic rings. The first-order chi connectivity index (χ1) is 10.8. The molecule has 0 saturated carbocycles. The first-order valence-corrected chi connectivity index (χ1v) is 7.51. The van der Waals surface area contributed by atoms with E-state index in [1.54, 1.807) is 0 Å². The molecule has 22 heavy (non-hydrogen) atoms. The van der Waals surface area contributed by atoms with Gasteiger partial charge in [-0.1, -0.05) is 54.1 Å². The average molecular weight is 307 g/mol. The van der Waals surface area contributed by atoms with Gasteiger partial charge >= 0.3 is 0 Å². The summed E-state index contributed by atoms with van der Waals surface area (Å²) in [4.78, 5) is 0. The first-order valence-electron chi connectivity index (χ1n) is 7.13. The second-order valence-electron chi connectivity index (χ2n) is 5.20. The molecule has 0 saturated heterocycles. The number of aromatic nitrogens is 1. The third-order valence-corrected chi connectivity index (χ3v) is 3.92. The zero-order valence-corrected chi connectivity index (χ0v) is 12.8. The summed E-state index contributed by atoms with van der Waals surface area (Å²) >= 11 is 5.93. The molecule has 0 amide bonds. The summed E-state index contributed by atoms with van der Waals surface area (Å²) in [6.45, 7) is 0.676. The molecule has 0 bridgehead atoms. The molecule has 0 aliphatic heterocycles. The molecule has 3 aromatic rings. The molecule has 2 aromatic carbocycles. The van der Waals surface area contributed by atoms with E-state index >= 15 is 0 Å². The van der Waals surface area contributed by atoms with E-state index in [4.69, 9.17) is 11.6 Å². The van der Waals surface area contributed by atoms with Crippen LogP contribution in [0.1, 0.15) is 22.5 Å². The van der Waals surface area contributed by atoms with Crippen LogP contribution in [-0.4, -0.2) is 4.57 Å². The van der Waals surface area contributed by atoms with E-state index in [2.05, 4.69) is 22.8 Å². The third-order valence-electron chi connectivity index (χ3n) is 3.67. The topological polar surface area (TPSA) is 28.7 Å². The smallest absolute Gasteiger partial charge is 0.120 e. The summed E-state index contributed by atoms with van der Waals surface area (Å²) in [6.07, 6.45) is 0.816. The van der Waals surface area contributed by atoms with Gasteiger partial charge in [0, 0.05) is 23.7 Å². The molecule has 1 aromatic heterocycles. The van der Waals surface area contributed by atoms with E-state index in [-0.39, 0.29) is 0 Å². The summed E-state index contributed by atoms with van der Waals surface area (Å²) in [6, 6.07) is 24.2. The first kappa shape index (κ1) is 14.4. The monoisotopic (exact) mass is 306 g/mol. The van der Waals surface area contributed by atoms with Gasteiger partial charge in [0.15, 0.2) is 0 Å². The van der Waals surface area contributed by atoms with Crippen molar-refractivity contribution in [2.24, 2.45) is 0 Å². The quantitative estimate of drug-likeness (QED) is 0.689. The Kier molecular flexibility index (Phi) is 4.27. The molecule has 1 heterocycles. The summed E-state index contributed by atoms with van der Waals surface area (Å²) in [5.41, 5.74) is 4.19. The number of nitrogens with zero attached hydrogens (tertiary/aromatic N) is 2. The molecule has 3 rings (SSSR count). The van der Waals surface area contributed by atoms with Crippen LogP contribution in [0.5, 0.6) is 0 Å². The van der Waals surface area contributed by atoms with Crippen molar-refractivity contribution in [3.05, 3.63) is 94.3 Å². The van der Waals surface area contributed by atoms with Crippen LogP contribution in [0, 0.1) is 11.3 Å². The third kappa shape index (κ3) is 3.21. The predicted octanol–water partition coefficient (Wildman–Crippen LogP) is 4.65. The highest BCUT2D eigenvalue weighted by atomic mass is 35.5. The van der Waals surface area contributed by atoms with Crippen molar-refractivity contribution in [2.45, 2.75) is 13.0 Å². The predicted molar refractivity (Wildman–Crippen MR) is 88.9 cm³/mol. The number of halogens is 1. The highest BCUT2D eigenvalue weighted by molar-refractivity contribution is 6.30. The Labute approximate surface area is 135 Å². The SMILES string of the molecule is N#Cc1ccc(Cc2ccccc2)n1Cc1ccc(Cl)cc1. The maximum absolute atomic E-state index is 9.33. The fraction of sp³-hybridized carbons (Fsp3) is 0.105. The minimum atomic E-state index is 0.676. The summed E-state index contributed by atoms with van der Waals surface area (Å²) in [5.74, 6) is 0. The minimum Gasteiger partial charge on any atom is -0.332 e. The zero-order valence-electron chi connectivity index (χ0n) is 12.0. The van der Waals surface area contributed by atoms with E-state index in [0.29, 0.717) is 12.2 Å². The van der Waals surface area contributed by atoms with E-state index in [0.717, 1.165) is 22.7 Å². The second kappa shape index (κ2) is 6.51. The van der Waals surface area contributed by atoms with Crippen molar-refractivity contribution in [3.63, 3.8) is 0 Å². The van der Waals surface area contributed by atoms with Gasteiger partial charge in [0.1, 0.15) is 11.8 Å². The van der Waals surface area contributed by atoms with Crippen molar-refractivity contribution in [1.82, 2.24) is 4.57 Å². The number of hydrogen-bond donors (Lipinski definition) is 0. The molecule has 0 atom stereocenters. The van der Waals surface area contributed by atoms with Gasteiger partial charge in [0.25, 0.3) is 0 Å². The van der Waals surface area contributed by atoms with Crippen LogP contribution >= 0.6 is 11.6 Å². The Balaban J connectivity index is 1.90. The van der Waals surface area contributed by atoms with Crippen molar-refractivity contribution in [2.75, 3.05) is 0 Å². The van der Waals surface area contributed by atoms with Gasteiger partial charge in [-0.3, -0.25) is 0 Å². The summed E-state index contributed by atoms with van der Waals surface area (Å²) < 4.78 is 2.07. The van der Waals surface area contributed by atoms with Gasteiger partial charge in [-0.2, -0.15) is 5.26 Å². The number of rotatable bonds is 4. The molecule has 2 nitrogen and oxygen atoms in total. The normalized spacial score (nSPS) is 10.4. The molecule has 108 valence electrons. The van der Waals surface area contributed by atoms with E-state index in [9.17, 15) is 5.26 Å². The van der Waals surface area contributed by atoms with Crippen molar-refractivity contribution in [1.29, 1.82) is 5.26 Å². The Morgan fingerprint density at radius 1 is 0.864 bits per heavy atom. The fourth-order valence-electron chi connectivity index (χ4n) is 2.53. The molecule has 0 spiro atoms. The van der Waals surface area contributed by atoms with Crippen molar-refractivity contribution < 1.29 is 0 Å². The van der Waals surface area contributed by atoms with Crippen LogP contribution in [0.2, 0.25) is 5.02 Å². The molecule has 3 heteroatoms. The van der Waals surface area contributed by atoms with Crippen LogP contribution in [0.3, 0.4) is 0 Å². The maximum atomic E-state index is 9.33. The highest BCUT2D eigenvalue weighted by Gasteiger charge is 2.09. The van der Waals surface area contributed by atoms with E-state index in [1.807, 2.05) is 54.6 Å². The van der Waals surface area contributed by atoms with E-state index < -0.39 is 0 Å². The van der Waals surface area contributed by atoms with Crippen LogP contribution in [0.4, 0.5) is 0 Å². The van der Waals surface area contributed by atoms with Crippen LogP contribution in [0.15, 0.2) is 66.7 Å². The van der Waals surface area contributed by atoms with Crippen LogP contribution in [0.25, 0.3) is 0 Å². The lowest BCUT2D eigenvalue weighted by Crippen LogP contribution is -2.07. The van der Waals surface area contributed by atoms with Gasteiger partial charge in [-0.05, 0) is 35.4 Å². The van der Waals surface area contributed by atoms with Gasteiger partial charge in [-0.25, -0.2) is 0 Å². The lowest BCUT2D eigenvalue weighted by molar-refractivity contribution is 0.748.